The summed E-state index contributed by atoms with van der Waals surface area (Å²) in [6.07, 6.45) is 1.77. The fourth-order valence-corrected chi connectivity index (χ4v) is 1.33. The van der Waals surface area contributed by atoms with Crippen LogP contribution in [0.15, 0.2) is 17.6 Å². The normalized spacial score (nSPS) is 15.8. The van der Waals surface area contributed by atoms with Crippen molar-refractivity contribution >= 4 is 23.0 Å². The van der Waals surface area contributed by atoms with Crippen LogP contribution >= 0.6 is 11.8 Å². The Morgan fingerprint density at radius 2 is 2.73 bits per heavy atom. The lowest BCUT2D eigenvalue weighted by molar-refractivity contribution is -0.134. The Balaban J connectivity index is 2.29. The molecule has 0 bridgehead atoms. The number of aliphatic imine (C=N–C) groups is 1. The van der Waals surface area contributed by atoms with Gasteiger partial charge in [0.05, 0.1) is 13.0 Å². The largest absolute Gasteiger partial charge is 0.401 e. The van der Waals surface area contributed by atoms with Gasteiger partial charge in [0.25, 0.3) is 5.23 Å². The van der Waals surface area contributed by atoms with Gasteiger partial charge in [-0.15, -0.1) is 6.58 Å². The number of hydrogen-bond donors (Lipinski definition) is 0. The van der Waals surface area contributed by atoms with Crippen LogP contribution in [0.2, 0.25) is 0 Å². The summed E-state index contributed by atoms with van der Waals surface area (Å²) in [4.78, 5) is 14.8. The topological polar surface area (TPSA) is 38.7 Å². The van der Waals surface area contributed by atoms with Gasteiger partial charge in [0.1, 0.15) is 0 Å². The predicted octanol–water partition coefficient (Wildman–Crippen LogP) is 1.21. The Bertz CT molecular complexity index is 201. The van der Waals surface area contributed by atoms with Crippen molar-refractivity contribution in [1.82, 2.24) is 0 Å². The quantitative estimate of drug-likeness (QED) is 0.463. The van der Waals surface area contributed by atoms with Gasteiger partial charge in [-0.1, -0.05) is 17.8 Å². The minimum Gasteiger partial charge on any atom is -0.401 e. The van der Waals surface area contributed by atoms with Gasteiger partial charge in [0, 0.05) is 5.75 Å². The van der Waals surface area contributed by atoms with Crippen molar-refractivity contribution < 1.29 is 9.53 Å². The van der Waals surface area contributed by atoms with Crippen LogP contribution < -0.4 is 0 Å². The maximum absolute atomic E-state index is 10.8. The third-order valence-corrected chi connectivity index (χ3v) is 1.92. The molecular weight excluding hydrogens is 162 g/mol. The fourth-order valence-electron chi connectivity index (χ4n) is 0.634. The van der Waals surface area contributed by atoms with E-state index in [1.807, 2.05) is 0 Å². The first kappa shape index (κ1) is 8.33. The molecule has 0 aromatic heterocycles. The molecule has 1 rings (SSSR count). The zero-order valence-corrected chi connectivity index (χ0v) is 6.89. The molecule has 0 saturated carbocycles. The Kier molecular flexibility index (Phi) is 3.16. The van der Waals surface area contributed by atoms with Crippen molar-refractivity contribution in [3.05, 3.63) is 12.7 Å². The average molecular weight is 171 g/mol. The highest BCUT2D eigenvalue weighted by Crippen LogP contribution is 2.12. The predicted molar refractivity (Wildman–Crippen MR) is 45.7 cm³/mol. The first-order valence-corrected chi connectivity index (χ1v) is 4.30. The molecule has 1 aliphatic rings. The molecule has 4 heteroatoms. The zero-order chi connectivity index (χ0) is 8.10. The SMILES string of the molecule is C=CCC(=O)OC1=NCCS1. The molecule has 0 fully saturated rings. The van der Waals surface area contributed by atoms with Crippen molar-refractivity contribution in [1.29, 1.82) is 0 Å². The third-order valence-electron chi connectivity index (χ3n) is 1.07. The van der Waals surface area contributed by atoms with E-state index in [0.29, 0.717) is 5.23 Å². The number of ether oxygens (including phenoxy) is 1. The second kappa shape index (κ2) is 4.18. The van der Waals surface area contributed by atoms with Crippen molar-refractivity contribution in [3.63, 3.8) is 0 Å². The Hall–Kier alpha value is -0.770. The van der Waals surface area contributed by atoms with Crippen LogP contribution in [0.25, 0.3) is 0 Å². The third kappa shape index (κ3) is 2.76. The van der Waals surface area contributed by atoms with Crippen LogP contribution in [0.5, 0.6) is 0 Å². The highest BCUT2D eigenvalue weighted by Gasteiger charge is 2.11. The lowest BCUT2D eigenvalue weighted by Crippen LogP contribution is -2.06. The van der Waals surface area contributed by atoms with E-state index in [4.69, 9.17) is 4.74 Å². The molecule has 0 atom stereocenters. The smallest absolute Gasteiger partial charge is 0.316 e. The monoisotopic (exact) mass is 171 g/mol. The van der Waals surface area contributed by atoms with E-state index >= 15 is 0 Å². The summed E-state index contributed by atoms with van der Waals surface area (Å²) in [5, 5.41) is 0.497. The number of carbonyl (C=O) groups excluding carboxylic acids is 1. The summed E-state index contributed by atoms with van der Waals surface area (Å²) in [6, 6.07) is 0. The minimum atomic E-state index is -0.284. The second-order valence-electron chi connectivity index (χ2n) is 1.96. The number of esters is 1. The molecule has 0 aromatic rings. The number of nitrogens with zero attached hydrogens (tertiary/aromatic N) is 1. The first-order chi connectivity index (χ1) is 5.33. The second-order valence-corrected chi connectivity index (χ2v) is 3.01. The molecule has 0 radical (unpaired) electrons. The molecule has 11 heavy (non-hydrogen) atoms. The van der Waals surface area contributed by atoms with E-state index in [1.54, 1.807) is 0 Å². The number of carbonyl (C=O) groups is 1. The van der Waals surface area contributed by atoms with Crippen LogP contribution in [0.1, 0.15) is 6.42 Å². The van der Waals surface area contributed by atoms with E-state index in [-0.39, 0.29) is 12.4 Å². The molecule has 60 valence electrons. The molecule has 0 unspecified atom stereocenters. The summed E-state index contributed by atoms with van der Waals surface area (Å²) in [5.74, 6) is 0.629. The number of thioether (sulfide) groups is 1. The van der Waals surface area contributed by atoms with Crippen LogP contribution in [-0.4, -0.2) is 23.5 Å². The van der Waals surface area contributed by atoms with E-state index < -0.39 is 0 Å². The summed E-state index contributed by atoms with van der Waals surface area (Å²) in [5.41, 5.74) is 0. The lowest BCUT2D eigenvalue weighted by Gasteiger charge is -1.98. The lowest BCUT2D eigenvalue weighted by atomic mass is 10.4. The first-order valence-electron chi connectivity index (χ1n) is 3.32. The summed E-state index contributed by atoms with van der Waals surface area (Å²) in [7, 11) is 0. The molecule has 0 amide bonds. The van der Waals surface area contributed by atoms with Gasteiger partial charge in [-0.2, -0.15) is 0 Å². The number of hydrogen-bond acceptors (Lipinski definition) is 4. The molecular formula is C7H9NO2S. The number of rotatable bonds is 2. The van der Waals surface area contributed by atoms with Gasteiger partial charge < -0.3 is 4.74 Å². The molecule has 1 aliphatic heterocycles. The van der Waals surface area contributed by atoms with Gasteiger partial charge in [-0.3, -0.25) is 4.79 Å². The van der Waals surface area contributed by atoms with Gasteiger partial charge >= 0.3 is 5.97 Å². The van der Waals surface area contributed by atoms with Crippen LogP contribution in [-0.2, 0) is 9.53 Å². The van der Waals surface area contributed by atoms with Crippen molar-refractivity contribution in [2.24, 2.45) is 4.99 Å². The van der Waals surface area contributed by atoms with Gasteiger partial charge in [-0.05, 0) is 0 Å². The maximum Gasteiger partial charge on any atom is 0.316 e. The molecule has 3 nitrogen and oxygen atoms in total. The Morgan fingerprint density at radius 3 is 3.27 bits per heavy atom. The minimum absolute atomic E-state index is 0.250. The summed E-state index contributed by atoms with van der Waals surface area (Å²) < 4.78 is 4.85. The average Bonchev–Trinajstić information content (AvgIpc) is 2.40. The molecule has 1 heterocycles. The molecule has 0 N–H and O–H groups in total. The maximum atomic E-state index is 10.8. The van der Waals surface area contributed by atoms with Crippen molar-refractivity contribution in [2.75, 3.05) is 12.3 Å². The standard InChI is InChI=1S/C7H9NO2S/c1-2-3-6(9)10-7-8-4-5-11-7/h2H,1,3-5H2. The molecule has 0 spiro atoms. The van der Waals surface area contributed by atoms with Crippen LogP contribution in [0.3, 0.4) is 0 Å². The van der Waals surface area contributed by atoms with Crippen LogP contribution in [0, 0.1) is 0 Å². The van der Waals surface area contributed by atoms with E-state index in [0.717, 1.165) is 12.3 Å². The van der Waals surface area contributed by atoms with E-state index in [1.165, 1.54) is 17.8 Å². The van der Waals surface area contributed by atoms with Crippen molar-refractivity contribution in [3.8, 4) is 0 Å². The Labute approximate surface area is 69.5 Å². The molecule has 0 aliphatic carbocycles. The van der Waals surface area contributed by atoms with E-state index in [9.17, 15) is 4.79 Å². The zero-order valence-electron chi connectivity index (χ0n) is 6.08. The summed E-state index contributed by atoms with van der Waals surface area (Å²) >= 11 is 1.47. The Morgan fingerprint density at radius 1 is 1.91 bits per heavy atom. The van der Waals surface area contributed by atoms with Gasteiger partial charge in [-0.25, -0.2) is 4.99 Å². The van der Waals surface area contributed by atoms with Gasteiger partial charge in [0.2, 0.25) is 0 Å². The highest BCUT2D eigenvalue weighted by atomic mass is 32.2. The molecule has 0 saturated heterocycles. The van der Waals surface area contributed by atoms with E-state index in [2.05, 4.69) is 11.6 Å². The molecule has 0 aromatic carbocycles. The highest BCUT2D eigenvalue weighted by molar-refractivity contribution is 8.13. The fraction of sp³-hybridized carbons (Fsp3) is 0.429. The van der Waals surface area contributed by atoms with Crippen molar-refractivity contribution in [2.45, 2.75) is 6.42 Å². The van der Waals surface area contributed by atoms with Crippen LogP contribution in [0.4, 0.5) is 0 Å². The van der Waals surface area contributed by atoms with Gasteiger partial charge in [0.15, 0.2) is 0 Å². The summed E-state index contributed by atoms with van der Waals surface area (Å²) in [6.45, 7) is 4.18.